The molecule has 0 bridgehead atoms. The number of phosphoric acid groups is 1. The molecule has 4 aromatic rings. The van der Waals surface area contributed by atoms with E-state index in [1.165, 1.54) is 57.0 Å². The topological polar surface area (TPSA) is 390 Å². The fraction of sp³-hybridized carbons (Fsp3) is 0.619. The zero-order valence-corrected chi connectivity index (χ0v) is 40.5. The Morgan fingerprint density at radius 2 is 0.877 bits per heavy atom. The molecule has 8 heterocycles. The van der Waals surface area contributed by atoms with E-state index in [1.807, 2.05) is 0 Å². The highest BCUT2D eigenvalue weighted by Gasteiger charge is 2.45. The Morgan fingerprint density at radius 1 is 0.534 bits per heavy atom. The van der Waals surface area contributed by atoms with Gasteiger partial charge in [-0.1, -0.05) is 0 Å². The largest absolute Gasteiger partial charge is 0.472 e. The van der Waals surface area contributed by atoms with Crippen LogP contribution in [0.15, 0.2) is 63.1 Å². The molecule has 13 atom stereocenters. The molecule has 4 aliphatic rings. The van der Waals surface area contributed by atoms with E-state index in [-0.39, 0.29) is 61.2 Å². The molecule has 0 aromatic carbocycles. The quantitative estimate of drug-likeness (QED) is 0.0266. The zero-order chi connectivity index (χ0) is 52.5. The van der Waals surface area contributed by atoms with E-state index >= 15 is 0 Å². The van der Waals surface area contributed by atoms with Gasteiger partial charge in [-0.25, -0.2) is 23.7 Å². The Labute approximate surface area is 409 Å². The number of aromatic nitrogens is 8. The minimum atomic E-state index is -5.11. The molecular formula is C42H55N8O22P. The van der Waals surface area contributed by atoms with Crippen LogP contribution < -0.4 is 45.0 Å². The summed E-state index contributed by atoms with van der Waals surface area (Å²) in [4.78, 5) is 119. The molecule has 1 unspecified atom stereocenters. The SMILES string of the molecule is Cc1cn([C@H]2C[C@H](OCOC[C@H]3O[C@@H](n4cc(C)c(=O)[nH]c4=O)C[C@@H]3OP(=O)(O)OC[C@H]3O[C@@H](n4cc(C)c(=O)[nH]c4=O)C[C@@H]3OCOC[C@H]3O[C@@H](n4cc(C)c(=O)[nH]c4=O)C[C@@H]3O)[C@@H](CO)O2)c(=O)[nH]c1=O. The van der Waals surface area contributed by atoms with Crippen molar-refractivity contribution in [1.82, 2.24) is 38.2 Å². The number of hydrogen-bond acceptors (Lipinski definition) is 21. The Kier molecular flexibility index (Phi) is 16.6. The normalized spacial score (nSPS) is 29.0. The van der Waals surface area contributed by atoms with Crippen LogP contribution in [0.5, 0.6) is 0 Å². The summed E-state index contributed by atoms with van der Waals surface area (Å²) >= 11 is 0. The predicted molar refractivity (Wildman–Crippen MR) is 243 cm³/mol. The van der Waals surface area contributed by atoms with E-state index < -0.39 is 153 Å². The van der Waals surface area contributed by atoms with Gasteiger partial charge in [0.05, 0.1) is 44.7 Å². The fourth-order valence-corrected chi connectivity index (χ4v) is 9.70. The molecule has 7 N–H and O–H groups in total. The molecule has 0 amide bonds. The Morgan fingerprint density at radius 3 is 1.30 bits per heavy atom. The van der Waals surface area contributed by atoms with Gasteiger partial charge >= 0.3 is 30.6 Å². The second-order valence-electron chi connectivity index (χ2n) is 17.9. The summed E-state index contributed by atoms with van der Waals surface area (Å²) in [6.45, 7) is 3.26. The molecule has 8 rings (SSSR count). The highest BCUT2D eigenvalue weighted by Crippen LogP contribution is 2.49. The highest BCUT2D eigenvalue weighted by molar-refractivity contribution is 7.47. The third kappa shape index (κ3) is 12.3. The van der Waals surface area contributed by atoms with Crippen molar-refractivity contribution in [1.29, 1.82) is 0 Å². The third-order valence-electron chi connectivity index (χ3n) is 12.7. The first-order chi connectivity index (χ1) is 34.7. The number of H-pyrrole nitrogens is 4. The Balaban J connectivity index is 0.912. The summed E-state index contributed by atoms with van der Waals surface area (Å²) in [5, 5.41) is 20.7. The standard InChI is InChI=1S/C42H55N8O22P/c1-19-9-47(39(57)43-35(19)53)31-5-23(52)28(69-31)14-63-17-66-25-7-33(49-11-21(3)37(55)45-41(49)59)71-30(25)16-67-73(61,62)72-26-8-34(50-12-22(4)38(56)46-42(50)60)70-29(26)15-64-18-65-24-6-32(68-27(24)13-51)48-10-20(2)36(54)44-40(48)58/h9-12,23-34,51-52H,5-8,13-18H2,1-4H3,(H,61,62)(H,43,53,57)(H,44,54,58)(H,45,55,59)(H,46,56,60)/t23-,24-,25-,26-,27+,28+,29+,30+,31+,32+,33+,34+/m0/s1. The van der Waals surface area contributed by atoms with E-state index in [9.17, 15) is 58.0 Å². The molecule has 4 aromatic heterocycles. The van der Waals surface area contributed by atoms with Gasteiger partial charge in [-0.3, -0.25) is 66.4 Å². The van der Waals surface area contributed by atoms with Gasteiger partial charge in [-0.05, 0) is 27.7 Å². The second-order valence-corrected chi connectivity index (χ2v) is 19.3. The van der Waals surface area contributed by atoms with Crippen molar-refractivity contribution in [2.24, 2.45) is 0 Å². The number of aromatic amines is 4. The van der Waals surface area contributed by atoms with Gasteiger partial charge in [0.2, 0.25) is 0 Å². The molecule has 0 radical (unpaired) electrons. The van der Waals surface area contributed by atoms with Gasteiger partial charge in [-0.15, -0.1) is 0 Å². The van der Waals surface area contributed by atoms with Crippen LogP contribution in [0.3, 0.4) is 0 Å². The molecule has 4 aliphatic heterocycles. The van der Waals surface area contributed by atoms with Crippen molar-refractivity contribution in [2.45, 2.75) is 127 Å². The molecule has 30 nitrogen and oxygen atoms in total. The molecule has 4 fully saturated rings. The number of aliphatic hydroxyl groups is 2. The smallest absolute Gasteiger partial charge is 0.394 e. The minimum Gasteiger partial charge on any atom is -0.394 e. The van der Waals surface area contributed by atoms with Crippen LogP contribution in [-0.2, 0) is 51.5 Å². The van der Waals surface area contributed by atoms with Gasteiger partial charge in [0.1, 0.15) is 69.0 Å². The lowest BCUT2D eigenvalue weighted by atomic mass is 10.2. The van der Waals surface area contributed by atoms with E-state index in [0.29, 0.717) is 0 Å². The molecule has 0 saturated carbocycles. The van der Waals surface area contributed by atoms with E-state index in [2.05, 4.69) is 19.9 Å². The van der Waals surface area contributed by atoms with Crippen molar-refractivity contribution in [3.8, 4) is 0 Å². The van der Waals surface area contributed by atoms with Crippen molar-refractivity contribution >= 4 is 7.82 Å². The van der Waals surface area contributed by atoms with Crippen LogP contribution >= 0.6 is 7.82 Å². The minimum absolute atomic E-state index is 0.00450. The van der Waals surface area contributed by atoms with Gasteiger partial charge in [0.15, 0.2) is 0 Å². The summed E-state index contributed by atoms with van der Waals surface area (Å²) in [6.07, 6.45) is -7.51. The average Bonchev–Trinajstić information content (AvgIpc) is 4.13. The van der Waals surface area contributed by atoms with Crippen LogP contribution in [0.25, 0.3) is 0 Å². The number of aliphatic hydroxyl groups excluding tert-OH is 2. The third-order valence-corrected chi connectivity index (χ3v) is 13.7. The number of phosphoric ester groups is 1. The summed E-state index contributed by atoms with van der Waals surface area (Å²) in [7, 11) is -5.11. The number of rotatable bonds is 20. The van der Waals surface area contributed by atoms with Crippen LogP contribution in [-0.4, -0.2) is 142 Å². The lowest BCUT2D eigenvalue weighted by Gasteiger charge is -2.24. The van der Waals surface area contributed by atoms with Crippen LogP contribution in [0, 0.1) is 27.7 Å². The molecule has 31 heteroatoms. The zero-order valence-electron chi connectivity index (χ0n) is 39.6. The first-order valence-corrected chi connectivity index (χ1v) is 24.4. The van der Waals surface area contributed by atoms with Crippen molar-refractivity contribution in [2.75, 3.05) is 40.0 Å². The number of nitrogens with zero attached hydrogens (tertiary/aromatic N) is 4. The maximum Gasteiger partial charge on any atom is 0.472 e. The van der Waals surface area contributed by atoms with Crippen molar-refractivity contribution in [3.63, 3.8) is 0 Å². The molecule has 400 valence electrons. The van der Waals surface area contributed by atoms with Gasteiger partial charge in [-0.2, -0.15) is 0 Å². The number of ether oxygens (including phenoxy) is 8. The maximum absolute atomic E-state index is 13.8. The first kappa shape index (κ1) is 53.7. The van der Waals surface area contributed by atoms with Crippen molar-refractivity contribution < 1.29 is 66.6 Å². The van der Waals surface area contributed by atoms with Crippen LogP contribution in [0.2, 0.25) is 0 Å². The van der Waals surface area contributed by atoms with Crippen LogP contribution in [0.4, 0.5) is 0 Å². The highest BCUT2D eigenvalue weighted by atomic mass is 31.2. The fourth-order valence-electron chi connectivity index (χ4n) is 8.74. The van der Waals surface area contributed by atoms with Gasteiger partial charge in [0, 0.05) is 72.7 Å². The second kappa shape index (κ2) is 22.5. The first-order valence-electron chi connectivity index (χ1n) is 22.9. The van der Waals surface area contributed by atoms with Gasteiger partial charge in [0.25, 0.3) is 22.2 Å². The lowest BCUT2D eigenvalue weighted by molar-refractivity contribution is -0.144. The number of hydrogen-bond donors (Lipinski definition) is 7. The van der Waals surface area contributed by atoms with E-state index in [0.717, 1.165) is 13.7 Å². The van der Waals surface area contributed by atoms with Gasteiger partial charge < -0.3 is 53.0 Å². The summed E-state index contributed by atoms with van der Waals surface area (Å²) in [6, 6.07) is 0. The van der Waals surface area contributed by atoms with Crippen LogP contribution in [0.1, 0.15) is 72.8 Å². The monoisotopic (exact) mass is 1050 g/mol. The summed E-state index contributed by atoms with van der Waals surface area (Å²) < 4.78 is 76.4. The Hall–Kier alpha value is -5.57. The predicted octanol–water partition coefficient (Wildman–Crippen LogP) is -2.86. The average molecular weight is 1050 g/mol. The Bertz CT molecular complexity index is 3180. The summed E-state index contributed by atoms with van der Waals surface area (Å²) in [5.41, 5.74) is -4.66. The van der Waals surface area contributed by atoms with Crippen molar-refractivity contribution in [3.05, 3.63) is 130 Å². The maximum atomic E-state index is 13.8. The molecule has 73 heavy (non-hydrogen) atoms. The molecule has 0 spiro atoms. The lowest BCUT2D eigenvalue weighted by Crippen LogP contribution is -2.34. The van der Waals surface area contributed by atoms with E-state index in [1.54, 1.807) is 0 Å². The molecular weight excluding hydrogens is 999 g/mol. The van der Waals surface area contributed by atoms with E-state index in [4.69, 9.17) is 46.9 Å². The molecule has 0 aliphatic carbocycles. The molecule has 4 saturated heterocycles. The summed E-state index contributed by atoms with van der Waals surface area (Å²) in [5.74, 6) is 0. The number of aryl methyl sites for hydroxylation is 4. The number of nitrogens with one attached hydrogen (secondary N) is 4.